The van der Waals surface area contributed by atoms with Crippen molar-refractivity contribution in [1.29, 1.82) is 0 Å². The minimum absolute atomic E-state index is 0.131. The van der Waals surface area contributed by atoms with Crippen molar-refractivity contribution in [2.24, 2.45) is 7.05 Å². The van der Waals surface area contributed by atoms with E-state index in [4.69, 9.17) is 9.15 Å². The van der Waals surface area contributed by atoms with Crippen LogP contribution in [-0.4, -0.2) is 44.0 Å². The van der Waals surface area contributed by atoms with Gasteiger partial charge in [-0.15, -0.1) is 0 Å². The van der Waals surface area contributed by atoms with Crippen molar-refractivity contribution in [3.05, 3.63) is 151 Å². The fourth-order valence-electron chi connectivity index (χ4n) is 5.95. The van der Waals surface area contributed by atoms with E-state index in [1.54, 1.807) is 33.8 Å². The second-order valence-corrected chi connectivity index (χ2v) is 15.6. The van der Waals surface area contributed by atoms with Crippen LogP contribution in [0.15, 0.2) is 150 Å². The number of aryl methyl sites for hydroxylation is 2. The van der Waals surface area contributed by atoms with Gasteiger partial charge >= 0.3 is 5.89 Å². The Balaban J connectivity index is 0.000000639. The largest absolute Gasteiger partial charge is 0.748 e. The van der Waals surface area contributed by atoms with E-state index in [1.807, 2.05) is 134 Å². The van der Waals surface area contributed by atoms with Crippen LogP contribution in [0.2, 0.25) is 0 Å². The molecule has 54 heavy (non-hydrogen) atoms. The molecule has 0 spiro atoms. The summed E-state index contributed by atoms with van der Waals surface area (Å²) in [5.41, 5.74) is 6.14. The van der Waals surface area contributed by atoms with Gasteiger partial charge in [-0.2, -0.15) is 4.57 Å². The first-order chi connectivity index (χ1) is 25.9. The summed E-state index contributed by atoms with van der Waals surface area (Å²) in [6.45, 7) is 1.65. The molecule has 0 N–H and O–H groups in total. The Hall–Kier alpha value is -5.60. The van der Waals surface area contributed by atoms with Gasteiger partial charge < -0.3 is 23.2 Å². The van der Waals surface area contributed by atoms with Crippen LogP contribution in [0, 0.1) is 0 Å². The predicted molar refractivity (Wildman–Crippen MR) is 205 cm³/mol. The van der Waals surface area contributed by atoms with Gasteiger partial charge in [-0.05, 0) is 52.4 Å². The molecule has 6 aromatic rings. The number of ether oxygens (including phenoxy) is 1. The van der Waals surface area contributed by atoms with E-state index < -0.39 is 31.7 Å². The maximum atomic E-state index is 11.6. The van der Waals surface area contributed by atoms with Crippen molar-refractivity contribution < 1.29 is 44.2 Å². The lowest BCUT2D eigenvalue weighted by Crippen LogP contribution is -2.38. The molecule has 3 heterocycles. The fourth-order valence-corrected chi connectivity index (χ4v) is 6.76. The van der Waals surface area contributed by atoms with E-state index >= 15 is 0 Å². The Morgan fingerprint density at radius 3 is 1.91 bits per heavy atom. The molecule has 1 aliphatic rings. The molecule has 13 heteroatoms. The molecule has 0 amide bonds. The maximum absolute atomic E-state index is 11.6. The van der Waals surface area contributed by atoms with E-state index in [1.165, 1.54) is 0 Å². The Morgan fingerprint density at radius 1 is 0.741 bits per heavy atom. The Bertz CT molecular complexity index is 2520. The number of hydrogen-bond acceptors (Lipinski definition) is 9. The van der Waals surface area contributed by atoms with Crippen LogP contribution in [0.5, 0.6) is 5.75 Å². The van der Waals surface area contributed by atoms with Gasteiger partial charge in [0.1, 0.15) is 17.2 Å². The molecule has 0 fully saturated rings. The molecule has 0 unspecified atom stereocenters. The first-order valence-corrected chi connectivity index (χ1v) is 20.4. The third-order valence-corrected chi connectivity index (χ3v) is 10.1. The highest BCUT2D eigenvalue weighted by Gasteiger charge is 2.28. The molecule has 0 aliphatic carbocycles. The monoisotopic (exact) mass is 765 g/mol. The van der Waals surface area contributed by atoms with Crippen molar-refractivity contribution in [2.45, 2.75) is 19.9 Å². The van der Waals surface area contributed by atoms with Gasteiger partial charge in [-0.25, -0.2) is 21.4 Å². The lowest BCUT2D eigenvalue weighted by Gasteiger charge is -2.20. The minimum atomic E-state index is -4.53. The SMILES string of the molecule is CCC(=Cc1oc2ccc(-c3ccccc3)cc2[n+]1CCS(=O)(=O)[O-])C=C1Oc2ccc(-c3ccccc3)cc2N1CCS(=O)(=O)[O-].C[n+]1ccccc1. The Morgan fingerprint density at radius 2 is 1.33 bits per heavy atom. The molecule has 1 aliphatic heterocycles. The number of rotatable bonds is 11. The standard InChI is InChI=1S/C35H32N2O8S2.C6H8N/c1-2-25(21-34-36(17-19-46(38,39)40)30-23-28(13-15-32(30)44-34)26-9-5-3-6-10-26)22-35-37(18-20-47(41,42)43)31-24-29(14-16-33(31)45-35)27-11-7-4-8-12-27;1-7-5-3-2-4-6-7/h3-16,21-24H,2,17-20H2,1H3,(H-,38,39,40,41,42,43);2-6H,1H3/q;+1/p-1. The molecular weight excluding hydrogens is 727 g/mol. The number of nitrogens with zero attached hydrogens (tertiary/aromatic N) is 3. The quantitative estimate of drug-likeness (QED) is 0.111. The highest BCUT2D eigenvalue weighted by Crippen LogP contribution is 2.42. The van der Waals surface area contributed by atoms with E-state index in [2.05, 4.69) is 0 Å². The number of oxazole rings is 1. The molecule has 0 atom stereocenters. The normalized spacial score (nSPS) is 13.7. The molecule has 0 bridgehead atoms. The van der Waals surface area contributed by atoms with E-state index in [9.17, 15) is 25.9 Å². The topological polar surface area (TPSA) is 148 Å². The lowest BCUT2D eigenvalue weighted by molar-refractivity contribution is -0.673. The van der Waals surface area contributed by atoms with Gasteiger partial charge in [0.25, 0.3) is 5.52 Å². The summed E-state index contributed by atoms with van der Waals surface area (Å²) in [5.74, 6) is -0.130. The first-order valence-electron chi connectivity index (χ1n) is 17.2. The fraction of sp³-hybridized carbons (Fsp3) is 0.171. The molecule has 0 saturated heterocycles. The van der Waals surface area contributed by atoms with Crippen molar-refractivity contribution in [1.82, 2.24) is 0 Å². The summed E-state index contributed by atoms with van der Waals surface area (Å²) in [5, 5.41) is 0. The van der Waals surface area contributed by atoms with Gasteiger partial charge in [0.05, 0.1) is 33.4 Å². The number of hydrogen-bond donors (Lipinski definition) is 0. The Kier molecular flexibility index (Phi) is 11.7. The Labute approximate surface area is 315 Å². The summed E-state index contributed by atoms with van der Waals surface area (Å²) >= 11 is 0. The molecule has 278 valence electrons. The van der Waals surface area contributed by atoms with Crippen LogP contribution in [-0.2, 0) is 33.8 Å². The third-order valence-electron chi connectivity index (χ3n) is 8.70. The first kappa shape index (κ1) is 38.1. The third kappa shape index (κ3) is 9.88. The number of benzene rings is 4. The van der Waals surface area contributed by atoms with Crippen LogP contribution in [0.1, 0.15) is 19.2 Å². The second-order valence-electron chi connectivity index (χ2n) is 12.6. The highest BCUT2D eigenvalue weighted by molar-refractivity contribution is 7.85. The molecule has 0 saturated carbocycles. The molecule has 0 radical (unpaired) electrons. The lowest BCUT2D eigenvalue weighted by atomic mass is 10.0. The summed E-state index contributed by atoms with van der Waals surface area (Å²) in [6, 6.07) is 36.5. The molecular formula is C41H39N3O8S2. The molecule has 7 rings (SSSR count). The van der Waals surface area contributed by atoms with Crippen LogP contribution in [0.25, 0.3) is 39.4 Å². The van der Waals surface area contributed by atoms with E-state index in [-0.39, 0.29) is 13.1 Å². The van der Waals surface area contributed by atoms with Crippen molar-refractivity contribution >= 4 is 43.1 Å². The average molecular weight is 766 g/mol. The van der Waals surface area contributed by atoms with Crippen molar-refractivity contribution in [2.75, 3.05) is 23.0 Å². The molecule has 2 aromatic heterocycles. The van der Waals surface area contributed by atoms with E-state index in [0.29, 0.717) is 46.3 Å². The summed E-state index contributed by atoms with van der Waals surface area (Å²) in [6.07, 6.45) is 7.95. The van der Waals surface area contributed by atoms with Crippen molar-refractivity contribution in [3.63, 3.8) is 0 Å². The van der Waals surface area contributed by atoms with Gasteiger partial charge in [0, 0.05) is 30.8 Å². The molecule has 4 aromatic carbocycles. The summed E-state index contributed by atoms with van der Waals surface area (Å²) in [4.78, 5) is 1.66. The maximum Gasteiger partial charge on any atom is 0.374 e. The van der Waals surface area contributed by atoms with Gasteiger partial charge in [-0.3, -0.25) is 0 Å². The summed E-state index contributed by atoms with van der Waals surface area (Å²) in [7, 11) is -7.05. The van der Waals surface area contributed by atoms with Crippen LogP contribution >= 0.6 is 0 Å². The number of pyridine rings is 1. The van der Waals surface area contributed by atoms with Crippen LogP contribution in [0.3, 0.4) is 0 Å². The van der Waals surface area contributed by atoms with Crippen molar-refractivity contribution in [3.8, 4) is 28.0 Å². The van der Waals surface area contributed by atoms with Crippen LogP contribution < -0.4 is 18.8 Å². The van der Waals surface area contributed by atoms with Gasteiger partial charge in [0.15, 0.2) is 24.7 Å². The number of fused-ring (bicyclic) bond motifs is 2. The van der Waals surface area contributed by atoms with Gasteiger partial charge in [0.2, 0.25) is 11.5 Å². The zero-order chi connectivity index (χ0) is 38.3. The highest BCUT2D eigenvalue weighted by atomic mass is 32.2. The zero-order valence-corrected chi connectivity index (χ0v) is 31.4. The average Bonchev–Trinajstić information content (AvgIpc) is 3.69. The van der Waals surface area contributed by atoms with E-state index in [0.717, 1.165) is 22.3 Å². The number of aromatic nitrogens is 2. The second kappa shape index (κ2) is 16.6. The van der Waals surface area contributed by atoms with Gasteiger partial charge in [-0.1, -0.05) is 85.8 Å². The summed E-state index contributed by atoms with van der Waals surface area (Å²) < 4.78 is 85.9. The number of anilines is 1. The predicted octanol–water partition coefficient (Wildman–Crippen LogP) is 6.19. The van der Waals surface area contributed by atoms with Crippen LogP contribution in [0.4, 0.5) is 5.69 Å². The molecule has 11 nitrogen and oxygen atoms in total. The zero-order valence-electron chi connectivity index (χ0n) is 29.7. The minimum Gasteiger partial charge on any atom is -0.748 e. The smallest absolute Gasteiger partial charge is 0.374 e. The number of allylic oxidation sites excluding steroid dienone is 2.